The van der Waals surface area contributed by atoms with Gasteiger partial charge in [-0.2, -0.15) is 13.2 Å². The third-order valence-electron chi connectivity index (χ3n) is 4.19. The molecule has 1 aliphatic heterocycles. The van der Waals surface area contributed by atoms with E-state index in [-0.39, 0.29) is 11.6 Å². The van der Waals surface area contributed by atoms with E-state index in [0.29, 0.717) is 21.2 Å². The lowest BCUT2D eigenvalue weighted by Crippen LogP contribution is -2.07. The number of hydrogen-bond acceptors (Lipinski definition) is 5. The highest BCUT2D eigenvalue weighted by Gasteiger charge is 2.30. The van der Waals surface area contributed by atoms with Crippen LogP contribution in [0.3, 0.4) is 0 Å². The smallest absolute Gasteiger partial charge is 0.402 e. The summed E-state index contributed by atoms with van der Waals surface area (Å²) < 4.78 is 43.4. The van der Waals surface area contributed by atoms with Gasteiger partial charge in [-0.3, -0.25) is 0 Å². The average molecular weight is 461 g/mol. The van der Waals surface area contributed by atoms with Crippen molar-refractivity contribution in [2.45, 2.75) is 16.1 Å². The average Bonchev–Trinajstić information content (AvgIpc) is 3.10. The number of cyclic esters (lactones) is 1. The predicted octanol–water partition coefficient (Wildman–Crippen LogP) is 6.25. The van der Waals surface area contributed by atoms with Crippen LogP contribution in [-0.2, 0) is 15.7 Å². The fourth-order valence-corrected chi connectivity index (χ4v) is 3.70. The second-order valence-electron chi connectivity index (χ2n) is 6.37. The zero-order chi connectivity index (χ0) is 22.0. The van der Waals surface area contributed by atoms with Gasteiger partial charge in [-0.15, -0.1) is 0 Å². The number of alkyl halides is 3. The number of esters is 1. The molecular weight excluding hydrogens is 449 g/mol. The van der Waals surface area contributed by atoms with Gasteiger partial charge in [-0.05, 0) is 60.2 Å². The molecule has 4 rings (SSSR count). The van der Waals surface area contributed by atoms with Crippen molar-refractivity contribution in [3.8, 4) is 0 Å². The van der Waals surface area contributed by atoms with E-state index >= 15 is 0 Å². The molecule has 0 amide bonds. The summed E-state index contributed by atoms with van der Waals surface area (Å²) in [5, 5.41) is 1.19. The van der Waals surface area contributed by atoms with E-state index in [1.54, 1.807) is 30.5 Å². The molecule has 0 spiro atoms. The molecule has 1 aliphatic rings. The van der Waals surface area contributed by atoms with E-state index in [1.165, 1.54) is 30.0 Å². The summed E-state index contributed by atoms with van der Waals surface area (Å²) in [6.07, 6.45) is -1.45. The summed E-state index contributed by atoms with van der Waals surface area (Å²) in [7, 11) is 0. The zero-order valence-electron chi connectivity index (χ0n) is 15.6. The van der Waals surface area contributed by atoms with E-state index in [0.717, 1.165) is 17.0 Å². The van der Waals surface area contributed by atoms with Gasteiger partial charge < -0.3 is 4.74 Å². The number of hydrogen-bond donors (Lipinski definition) is 0. The Morgan fingerprint density at radius 1 is 1.00 bits per heavy atom. The summed E-state index contributed by atoms with van der Waals surface area (Å²) in [6.45, 7) is 0. The van der Waals surface area contributed by atoms with Crippen molar-refractivity contribution in [3.63, 3.8) is 0 Å². The number of aliphatic imine (C=N–C) groups is 1. The lowest BCUT2D eigenvalue weighted by molar-refractivity contribution is -0.137. The maximum atomic E-state index is 12.7. The van der Waals surface area contributed by atoms with E-state index in [4.69, 9.17) is 16.3 Å². The highest BCUT2D eigenvalue weighted by molar-refractivity contribution is 7.99. The molecule has 0 radical (unpaired) electrons. The van der Waals surface area contributed by atoms with Gasteiger partial charge in [-0.25, -0.2) is 14.8 Å². The van der Waals surface area contributed by atoms with Crippen LogP contribution in [0.1, 0.15) is 16.7 Å². The standard InChI is InChI=1S/C22H12ClF3N2O2S/c23-15-7-9-16(10-8-15)31-20-17(2-1-11-27-20)19-28-18(21(29)30-19)12-13-3-5-14(6-4-13)22(24,25)26/h1-12H/b18-12-. The van der Waals surface area contributed by atoms with Crippen molar-refractivity contribution in [3.05, 3.63) is 94.3 Å². The van der Waals surface area contributed by atoms with E-state index in [1.807, 2.05) is 12.1 Å². The maximum absolute atomic E-state index is 12.7. The minimum atomic E-state index is -4.43. The number of benzene rings is 2. The molecule has 0 fully saturated rings. The second kappa shape index (κ2) is 8.56. The molecule has 1 aromatic heterocycles. The number of carbonyl (C=O) groups is 1. The fraction of sp³-hybridized carbons (Fsp3) is 0.0455. The van der Waals surface area contributed by atoms with Crippen LogP contribution >= 0.6 is 23.4 Å². The van der Waals surface area contributed by atoms with Gasteiger partial charge in [-0.1, -0.05) is 35.5 Å². The van der Waals surface area contributed by atoms with Crippen molar-refractivity contribution < 1.29 is 22.7 Å². The number of carbonyl (C=O) groups excluding carboxylic acids is 1. The topological polar surface area (TPSA) is 51.5 Å². The Morgan fingerprint density at radius 2 is 1.71 bits per heavy atom. The van der Waals surface area contributed by atoms with E-state index in [2.05, 4.69) is 9.98 Å². The largest absolute Gasteiger partial charge is 0.416 e. The molecule has 2 heterocycles. The van der Waals surface area contributed by atoms with Crippen LogP contribution in [0.5, 0.6) is 0 Å². The van der Waals surface area contributed by atoms with Gasteiger partial charge in [0.15, 0.2) is 5.70 Å². The first-order valence-electron chi connectivity index (χ1n) is 8.88. The number of pyridine rings is 1. The van der Waals surface area contributed by atoms with Gasteiger partial charge in [0.25, 0.3) is 0 Å². The highest BCUT2D eigenvalue weighted by atomic mass is 35.5. The highest BCUT2D eigenvalue weighted by Crippen LogP contribution is 2.32. The first-order valence-corrected chi connectivity index (χ1v) is 10.1. The Bertz CT molecular complexity index is 1190. The molecule has 0 aliphatic carbocycles. The van der Waals surface area contributed by atoms with Crippen molar-refractivity contribution >= 4 is 41.3 Å². The van der Waals surface area contributed by atoms with Crippen LogP contribution < -0.4 is 0 Å². The third kappa shape index (κ3) is 4.98. The lowest BCUT2D eigenvalue weighted by atomic mass is 10.1. The summed E-state index contributed by atoms with van der Waals surface area (Å²) >= 11 is 7.27. The van der Waals surface area contributed by atoms with Gasteiger partial charge in [0, 0.05) is 16.1 Å². The van der Waals surface area contributed by atoms with E-state index < -0.39 is 17.7 Å². The number of aromatic nitrogens is 1. The monoisotopic (exact) mass is 460 g/mol. The molecule has 3 aromatic rings. The molecule has 0 atom stereocenters. The van der Waals surface area contributed by atoms with Crippen molar-refractivity contribution in [1.29, 1.82) is 0 Å². The van der Waals surface area contributed by atoms with Crippen molar-refractivity contribution in [2.24, 2.45) is 4.99 Å². The van der Waals surface area contributed by atoms with Gasteiger partial charge in [0.1, 0.15) is 5.03 Å². The van der Waals surface area contributed by atoms with Crippen LogP contribution in [0.2, 0.25) is 5.02 Å². The summed E-state index contributed by atoms with van der Waals surface area (Å²) in [4.78, 5) is 21.7. The number of nitrogens with zero attached hydrogens (tertiary/aromatic N) is 2. The Labute approximate surface area is 184 Å². The minimum absolute atomic E-state index is 0.0129. The zero-order valence-corrected chi connectivity index (χ0v) is 17.1. The first-order chi connectivity index (χ1) is 14.8. The molecule has 0 bridgehead atoms. The number of rotatable bonds is 4. The third-order valence-corrected chi connectivity index (χ3v) is 5.47. The minimum Gasteiger partial charge on any atom is -0.402 e. The molecule has 9 heteroatoms. The normalized spacial score (nSPS) is 15.2. The first kappa shape index (κ1) is 21.1. The summed E-state index contributed by atoms with van der Waals surface area (Å²) in [6, 6.07) is 15.0. The maximum Gasteiger partial charge on any atom is 0.416 e. The van der Waals surface area contributed by atoms with Gasteiger partial charge in [0.05, 0.1) is 11.1 Å². The lowest BCUT2D eigenvalue weighted by Gasteiger charge is -2.06. The Hall–Kier alpha value is -3.10. The van der Waals surface area contributed by atoms with Crippen LogP contribution in [-0.4, -0.2) is 16.9 Å². The Morgan fingerprint density at radius 3 is 2.39 bits per heavy atom. The molecule has 0 saturated heterocycles. The predicted molar refractivity (Wildman–Crippen MR) is 112 cm³/mol. The Kier molecular flexibility index (Phi) is 5.84. The Balaban J connectivity index is 1.61. The van der Waals surface area contributed by atoms with Gasteiger partial charge in [0.2, 0.25) is 5.90 Å². The molecule has 156 valence electrons. The molecule has 2 aromatic carbocycles. The molecule has 0 N–H and O–H groups in total. The molecule has 31 heavy (non-hydrogen) atoms. The number of ether oxygens (including phenoxy) is 1. The van der Waals surface area contributed by atoms with Crippen molar-refractivity contribution in [1.82, 2.24) is 4.98 Å². The van der Waals surface area contributed by atoms with E-state index in [9.17, 15) is 18.0 Å². The number of halogens is 4. The van der Waals surface area contributed by atoms with Crippen LogP contribution in [0, 0.1) is 0 Å². The molecule has 0 saturated carbocycles. The SMILES string of the molecule is O=C1OC(c2cccnc2Sc2ccc(Cl)cc2)=N/C1=C\c1ccc(C(F)(F)F)cc1. The fourth-order valence-electron chi connectivity index (χ4n) is 2.70. The second-order valence-corrected chi connectivity index (χ2v) is 7.87. The van der Waals surface area contributed by atoms with Crippen molar-refractivity contribution in [2.75, 3.05) is 0 Å². The molecule has 4 nitrogen and oxygen atoms in total. The van der Waals surface area contributed by atoms with Crippen LogP contribution in [0.15, 0.2) is 87.5 Å². The summed E-state index contributed by atoms with van der Waals surface area (Å²) in [5.74, 6) is -0.617. The molecular formula is C22H12ClF3N2O2S. The molecule has 0 unspecified atom stereocenters. The van der Waals surface area contributed by atoms with Crippen LogP contribution in [0.25, 0.3) is 6.08 Å². The van der Waals surface area contributed by atoms with Crippen LogP contribution in [0.4, 0.5) is 13.2 Å². The van der Waals surface area contributed by atoms with Gasteiger partial charge >= 0.3 is 12.1 Å². The summed E-state index contributed by atoms with van der Waals surface area (Å²) in [5.41, 5.74) is 0.131. The quantitative estimate of drug-likeness (QED) is 0.341.